The van der Waals surface area contributed by atoms with Crippen LogP contribution in [0.25, 0.3) is 27.8 Å². The van der Waals surface area contributed by atoms with Gasteiger partial charge in [-0.2, -0.15) is 23.4 Å². The number of hydrogen-bond donors (Lipinski definition) is 2. The Morgan fingerprint density at radius 3 is 2.77 bits per heavy atom. The average molecular weight is 502 g/mol. The highest BCUT2D eigenvalue weighted by atomic mass is 35.5. The smallest absolute Gasteiger partial charge is 0.313 e. The number of nitrogens with zero attached hydrogens (tertiary/aromatic N) is 5. The molecule has 9 nitrogen and oxygen atoms in total. The molecule has 5 aromatic rings. The molecule has 6 rings (SSSR count). The van der Waals surface area contributed by atoms with E-state index in [4.69, 9.17) is 11.6 Å². The SMILES string of the molecule is O=c1[nH]cc(-c2cc([C@H]3C[C@@H]3c3cc(Cl)c4cnn(CC(F)(F)F)c4c3)c3nccn3n2)c(=O)[nH]1. The molecule has 2 N–H and O–H groups in total. The maximum atomic E-state index is 13.0. The number of rotatable bonds is 4. The molecule has 13 heteroatoms. The molecule has 1 aliphatic rings. The maximum absolute atomic E-state index is 13.0. The lowest BCUT2D eigenvalue weighted by molar-refractivity contribution is -0.141. The molecule has 0 radical (unpaired) electrons. The third kappa shape index (κ3) is 3.79. The molecular weight excluding hydrogens is 487 g/mol. The van der Waals surface area contributed by atoms with Crippen molar-refractivity contribution in [2.75, 3.05) is 0 Å². The molecule has 1 fully saturated rings. The summed E-state index contributed by atoms with van der Waals surface area (Å²) in [7, 11) is 0. The first kappa shape index (κ1) is 21.6. The number of fused-ring (bicyclic) bond motifs is 2. The quantitative estimate of drug-likeness (QED) is 0.390. The molecule has 178 valence electrons. The predicted octanol–water partition coefficient (Wildman–Crippen LogP) is 3.61. The summed E-state index contributed by atoms with van der Waals surface area (Å²) in [4.78, 5) is 32.7. The first-order valence-electron chi connectivity index (χ1n) is 10.6. The zero-order valence-electron chi connectivity index (χ0n) is 17.7. The van der Waals surface area contributed by atoms with Gasteiger partial charge in [-0.15, -0.1) is 0 Å². The second-order valence-corrected chi connectivity index (χ2v) is 8.87. The Kier molecular flexibility index (Phi) is 4.65. The molecule has 0 spiro atoms. The fraction of sp³-hybridized carbons (Fsp3) is 0.227. The van der Waals surface area contributed by atoms with Gasteiger partial charge in [0.2, 0.25) is 0 Å². The maximum Gasteiger partial charge on any atom is 0.408 e. The third-order valence-electron chi connectivity index (χ3n) is 6.16. The van der Waals surface area contributed by atoms with E-state index < -0.39 is 24.0 Å². The highest BCUT2D eigenvalue weighted by Gasteiger charge is 2.42. The van der Waals surface area contributed by atoms with Crippen LogP contribution in [0.2, 0.25) is 5.02 Å². The number of alkyl halides is 3. The van der Waals surface area contributed by atoms with Crippen LogP contribution in [0.5, 0.6) is 0 Å². The number of hydrogen-bond acceptors (Lipinski definition) is 5. The molecule has 0 saturated heterocycles. The van der Waals surface area contributed by atoms with Crippen LogP contribution in [-0.2, 0) is 6.54 Å². The summed E-state index contributed by atoms with van der Waals surface area (Å²) in [5, 5.41) is 9.08. The van der Waals surface area contributed by atoms with Gasteiger partial charge in [0.1, 0.15) is 6.54 Å². The largest absolute Gasteiger partial charge is 0.408 e. The van der Waals surface area contributed by atoms with Crippen LogP contribution >= 0.6 is 11.6 Å². The Bertz CT molecular complexity index is 1730. The third-order valence-corrected chi connectivity index (χ3v) is 6.48. The Morgan fingerprint density at radius 2 is 2.00 bits per heavy atom. The van der Waals surface area contributed by atoms with Crippen LogP contribution in [0.1, 0.15) is 29.4 Å². The monoisotopic (exact) mass is 501 g/mol. The van der Waals surface area contributed by atoms with Crippen molar-refractivity contribution in [2.24, 2.45) is 0 Å². The Labute approximate surface area is 198 Å². The van der Waals surface area contributed by atoms with Gasteiger partial charge in [-0.3, -0.25) is 14.5 Å². The first-order chi connectivity index (χ1) is 16.7. The van der Waals surface area contributed by atoms with Gasteiger partial charge in [0.15, 0.2) is 5.65 Å². The summed E-state index contributed by atoms with van der Waals surface area (Å²) in [5.74, 6) is -0.0354. The average Bonchev–Trinajstić information content (AvgIpc) is 3.26. The van der Waals surface area contributed by atoms with Crippen LogP contribution in [0.4, 0.5) is 13.2 Å². The lowest BCUT2D eigenvalue weighted by Crippen LogP contribution is -2.23. The van der Waals surface area contributed by atoms with Crippen LogP contribution in [0, 0.1) is 0 Å². The molecule has 1 saturated carbocycles. The molecule has 0 amide bonds. The van der Waals surface area contributed by atoms with Gasteiger partial charge >= 0.3 is 11.9 Å². The van der Waals surface area contributed by atoms with Gasteiger partial charge in [-0.05, 0) is 42.0 Å². The van der Waals surface area contributed by atoms with E-state index in [-0.39, 0.29) is 17.4 Å². The number of benzene rings is 1. The highest BCUT2D eigenvalue weighted by Crippen LogP contribution is 2.56. The van der Waals surface area contributed by atoms with Gasteiger partial charge in [0, 0.05) is 29.5 Å². The van der Waals surface area contributed by atoms with Crippen molar-refractivity contribution >= 4 is 28.2 Å². The van der Waals surface area contributed by atoms with Gasteiger partial charge in [-0.25, -0.2) is 14.3 Å². The minimum atomic E-state index is -4.41. The van der Waals surface area contributed by atoms with Gasteiger partial charge in [-0.1, -0.05) is 11.6 Å². The molecule has 0 bridgehead atoms. The fourth-order valence-electron chi connectivity index (χ4n) is 4.52. The summed E-state index contributed by atoms with van der Waals surface area (Å²) in [6.45, 7) is -1.21. The molecule has 35 heavy (non-hydrogen) atoms. The van der Waals surface area contributed by atoms with E-state index in [1.54, 1.807) is 35.1 Å². The van der Waals surface area contributed by atoms with Crippen molar-refractivity contribution in [1.29, 1.82) is 0 Å². The van der Waals surface area contributed by atoms with Gasteiger partial charge in [0.05, 0.1) is 28.0 Å². The lowest BCUT2D eigenvalue weighted by atomic mass is 10.0. The van der Waals surface area contributed by atoms with Gasteiger partial charge < -0.3 is 4.98 Å². The highest BCUT2D eigenvalue weighted by molar-refractivity contribution is 6.35. The minimum Gasteiger partial charge on any atom is -0.313 e. The number of nitrogens with one attached hydrogen (secondary N) is 2. The van der Waals surface area contributed by atoms with Crippen molar-refractivity contribution in [3.05, 3.63) is 80.0 Å². The van der Waals surface area contributed by atoms with E-state index in [0.717, 1.165) is 15.8 Å². The van der Waals surface area contributed by atoms with E-state index in [2.05, 4.69) is 25.1 Å². The number of halogens is 4. The molecule has 1 aliphatic carbocycles. The zero-order chi connectivity index (χ0) is 24.5. The molecule has 0 unspecified atom stereocenters. The second kappa shape index (κ2) is 7.54. The van der Waals surface area contributed by atoms with Gasteiger partial charge in [0.25, 0.3) is 5.56 Å². The van der Waals surface area contributed by atoms with Crippen molar-refractivity contribution in [3.63, 3.8) is 0 Å². The van der Waals surface area contributed by atoms with Crippen molar-refractivity contribution in [2.45, 2.75) is 31.0 Å². The van der Waals surface area contributed by atoms with Crippen molar-refractivity contribution in [1.82, 2.24) is 34.3 Å². The molecule has 0 aliphatic heterocycles. The van der Waals surface area contributed by atoms with E-state index in [1.807, 2.05) is 0 Å². The van der Waals surface area contributed by atoms with Crippen LogP contribution in [0.3, 0.4) is 0 Å². The van der Waals surface area contributed by atoms with Crippen LogP contribution in [-0.4, -0.2) is 40.5 Å². The van der Waals surface area contributed by atoms with E-state index in [1.165, 1.54) is 12.4 Å². The summed E-state index contributed by atoms with van der Waals surface area (Å²) in [6.07, 6.45) is 2.17. The molecule has 2 atom stereocenters. The van der Waals surface area contributed by atoms with E-state index in [0.29, 0.717) is 33.7 Å². The fourth-order valence-corrected chi connectivity index (χ4v) is 4.79. The predicted molar refractivity (Wildman–Crippen MR) is 121 cm³/mol. The summed E-state index contributed by atoms with van der Waals surface area (Å²) in [5.41, 5.74) is 1.89. The zero-order valence-corrected chi connectivity index (χ0v) is 18.4. The molecule has 4 heterocycles. The number of aromatic nitrogens is 7. The summed E-state index contributed by atoms with van der Waals surface area (Å²) >= 11 is 6.40. The second-order valence-electron chi connectivity index (χ2n) is 8.47. The normalized spacial score (nSPS) is 17.9. The van der Waals surface area contributed by atoms with Crippen LogP contribution < -0.4 is 11.2 Å². The number of imidazole rings is 1. The summed E-state index contributed by atoms with van der Waals surface area (Å²) in [6, 6.07) is 5.21. The van der Waals surface area contributed by atoms with Crippen molar-refractivity contribution in [3.8, 4) is 11.3 Å². The number of H-pyrrole nitrogens is 2. The van der Waals surface area contributed by atoms with Crippen LogP contribution in [0.15, 0.2) is 52.6 Å². The van der Waals surface area contributed by atoms with E-state index in [9.17, 15) is 22.8 Å². The molecular formula is C22H15ClF3N7O2. The molecule has 1 aromatic carbocycles. The Morgan fingerprint density at radius 1 is 1.17 bits per heavy atom. The lowest BCUT2D eigenvalue weighted by Gasteiger charge is -2.10. The molecule has 4 aromatic heterocycles. The Balaban J connectivity index is 1.41. The summed E-state index contributed by atoms with van der Waals surface area (Å²) < 4.78 is 41.4. The van der Waals surface area contributed by atoms with E-state index >= 15 is 0 Å². The topological polar surface area (TPSA) is 114 Å². The first-order valence-corrected chi connectivity index (χ1v) is 10.9. The Hall–Kier alpha value is -3.93. The van der Waals surface area contributed by atoms with Crippen molar-refractivity contribution < 1.29 is 13.2 Å². The number of aromatic amines is 2. The minimum absolute atomic E-state index is 0.0176. The standard InChI is InChI=1S/C22H15ClF3N7O2/c23-16-3-10(4-18-14(16)8-29-33(18)9-22(24,25)26)11-5-12(11)13-6-17(31-32-2-1-27-19(13)32)15-7-28-21(35)30-20(15)34/h1-4,6-8,11-12H,5,9H2,(H2,28,30,34,35)/t11-,12+/m1/s1.